The maximum Gasteiger partial charge on any atom is 0.290 e. The van der Waals surface area contributed by atoms with E-state index in [0.29, 0.717) is 26.2 Å². The summed E-state index contributed by atoms with van der Waals surface area (Å²) in [6.07, 6.45) is 0. The lowest BCUT2D eigenvalue weighted by molar-refractivity contribution is -0.154. The smallest absolute Gasteiger partial charge is 0.290 e. The van der Waals surface area contributed by atoms with Gasteiger partial charge in [-0.1, -0.05) is 0 Å². The van der Waals surface area contributed by atoms with Crippen molar-refractivity contribution in [2.75, 3.05) is 46.4 Å². The van der Waals surface area contributed by atoms with Crippen molar-refractivity contribution in [2.24, 2.45) is 11.5 Å². The highest BCUT2D eigenvalue weighted by atomic mass is 16.5. The number of methoxy groups -OCH3 is 1. The van der Waals surface area contributed by atoms with Crippen LogP contribution < -0.4 is 22.3 Å². The summed E-state index contributed by atoms with van der Waals surface area (Å²) in [5.74, 6) is -0.644. The molecule has 0 rings (SSSR count). The fraction of sp³-hybridized carbons (Fsp3) is 0.900. The van der Waals surface area contributed by atoms with Crippen LogP contribution in [-0.2, 0) is 9.53 Å². The predicted molar refractivity (Wildman–Crippen MR) is 67.9 cm³/mol. The summed E-state index contributed by atoms with van der Waals surface area (Å²) in [7, 11) is 1.39. The average Bonchev–Trinajstić information content (AvgIpc) is 2.38. The standard InChI is InChI=1S/C10H25N5O3/c1-10(18-2,9(16)14-17)13-5-8-15(6-3-11)7-4-12/h13,17H,3-8,11-12H2,1-2H3,(H,14,16). The molecule has 0 bridgehead atoms. The van der Waals surface area contributed by atoms with Crippen LogP contribution in [-0.4, -0.2) is 68.1 Å². The lowest BCUT2D eigenvalue weighted by Crippen LogP contribution is -2.57. The first kappa shape index (κ1) is 17.2. The second kappa shape index (κ2) is 9.20. The van der Waals surface area contributed by atoms with Gasteiger partial charge in [-0.2, -0.15) is 0 Å². The number of ether oxygens (including phenoxy) is 1. The Kier molecular flexibility index (Phi) is 8.81. The quantitative estimate of drug-likeness (QED) is 0.170. The van der Waals surface area contributed by atoms with Gasteiger partial charge in [-0.3, -0.25) is 20.2 Å². The van der Waals surface area contributed by atoms with Crippen molar-refractivity contribution in [3.8, 4) is 0 Å². The minimum absolute atomic E-state index is 0.512. The molecule has 0 saturated carbocycles. The molecule has 0 heterocycles. The number of hydrogen-bond donors (Lipinski definition) is 5. The van der Waals surface area contributed by atoms with E-state index in [4.69, 9.17) is 21.4 Å². The molecule has 0 fully saturated rings. The first-order valence-electron chi connectivity index (χ1n) is 5.91. The van der Waals surface area contributed by atoms with E-state index in [2.05, 4.69) is 10.2 Å². The van der Waals surface area contributed by atoms with E-state index in [1.54, 1.807) is 5.48 Å². The molecular weight excluding hydrogens is 238 g/mol. The number of rotatable bonds is 10. The molecule has 108 valence electrons. The maximum atomic E-state index is 11.4. The molecule has 0 aromatic rings. The number of amides is 1. The van der Waals surface area contributed by atoms with Crippen LogP contribution in [0.4, 0.5) is 0 Å². The van der Waals surface area contributed by atoms with Gasteiger partial charge in [0.15, 0.2) is 5.72 Å². The van der Waals surface area contributed by atoms with E-state index >= 15 is 0 Å². The average molecular weight is 263 g/mol. The van der Waals surface area contributed by atoms with Crippen LogP contribution >= 0.6 is 0 Å². The molecule has 8 heteroatoms. The van der Waals surface area contributed by atoms with Gasteiger partial charge in [0, 0.05) is 46.4 Å². The van der Waals surface area contributed by atoms with Crippen molar-refractivity contribution in [3.05, 3.63) is 0 Å². The van der Waals surface area contributed by atoms with Crippen molar-refractivity contribution in [1.29, 1.82) is 0 Å². The third-order valence-electron chi connectivity index (χ3n) is 2.72. The van der Waals surface area contributed by atoms with E-state index in [0.717, 1.165) is 13.1 Å². The highest BCUT2D eigenvalue weighted by Crippen LogP contribution is 2.03. The summed E-state index contributed by atoms with van der Waals surface area (Å²) in [4.78, 5) is 13.5. The lowest BCUT2D eigenvalue weighted by atomic mass is 10.2. The third-order valence-corrected chi connectivity index (χ3v) is 2.72. The molecule has 0 aromatic carbocycles. The predicted octanol–water partition coefficient (Wildman–Crippen LogP) is -2.34. The number of nitrogens with two attached hydrogens (primary N) is 2. The fourth-order valence-corrected chi connectivity index (χ4v) is 1.50. The molecule has 1 unspecified atom stereocenters. The topological polar surface area (TPSA) is 126 Å². The Morgan fingerprint density at radius 3 is 2.28 bits per heavy atom. The Hall–Kier alpha value is -0.770. The molecule has 0 aliphatic heterocycles. The van der Waals surface area contributed by atoms with Crippen molar-refractivity contribution in [2.45, 2.75) is 12.6 Å². The van der Waals surface area contributed by atoms with Crippen molar-refractivity contribution >= 4 is 5.91 Å². The first-order chi connectivity index (χ1) is 8.53. The summed E-state index contributed by atoms with van der Waals surface area (Å²) in [5.41, 5.74) is 11.3. The summed E-state index contributed by atoms with van der Waals surface area (Å²) in [6.45, 7) is 5.33. The number of hydrogen-bond acceptors (Lipinski definition) is 7. The largest absolute Gasteiger partial charge is 0.355 e. The molecule has 0 spiro atoms. The third kappa shape index (κ3) is 5.71. The minimum atomic E-state index is -1.26. The van der Waals surface area contributed by atoms with E-state index in [1.165, 1.54) is 14.0 Å². The van der Waals surface area contributed by atoms with Crippen LogP contribution in [0.1, 0.15) is 6.92 Å². The number of carbonyl (C=O) groups is 1. The van der Waals surface area contributed by atoms with Gasteiger partial charge in [-0.25, -0.2) is 5.48 Å². The Labute approximate surface area is 108 Å². The first-order valence-corrected chi connectivity index (χ1v) is 5.91. The lowest BCUT2D eigenvalue weighted by Gasteiger charge is -2.28. The molecule has 1 amide bonds. The fourth-order valence-electron chi connectivity index (χ4n) is 1.50. The Balaban J connectivity index is 4.15. The molecule has 0 aliphatic rings. The maximum absolute atomic E-state index is 11.4. The molecule has 0 radical (unpaired) electrons. The van der Waals surface area contributed by atoms with Gasteiger partial charge < -0.3 is 16.2 Å². The molecule has 1 atom stereocenters. The Morgan fingerprint density at radius 1 is 1.33 bits per heavy atom. The van der Waals surface area contributed by atoms with Crippen molar-refractivity contribution in [1.82, 2.24) is 15.7 Å². The zero-order chi connectivity index (χ0) is 14.0. The summed E-state index contributed by atoms with van der Waals surface area (Å²) >= 11 is 0. The van der Waals surface area contributed by atoms with Gasteiger partial charge in [0.05, 0.1) is 0 Å². The summed E-state index contributed by atoms with van der Waals surface area (Å²) in [5, 5.41) is 11.5. The van der Waals surface area contributed by atoms with Crippen molar-refractivity contribution < 1.29 is 14.7 Å². The highest BCUT2D eigenvalue weighted by Gasteiger charge is 2.32. The van der Waals surface area contributed by atoms with Gasteiger partial charge in [-0.15, -0.1) is 0 Å². The summed E-state index contributed by atoms with van der Waals surface area (Å²) in [6, 6.07) is 0. The van der Waals surface area contributed by atoms with Crippen LogP contribution in [0.25, 0.3) is 0 Å². The number of hydroxylamine groups is 1. The van der Waals surface area contributed by atoms with E-state index in [1.807, 2.05) is 0 Å². The van der Waals surface area contributed by atoms with E-state index in [-0.39, 0.29) is 0 Å². The Morgan fingerprint density at radius 2 is 1.89 bits per heavy atom. The molecule has 7 N–H and O–H groups in total. The molecule has 18 heavy (non-hydrogen) atoms. The molecule has 0 aromatic heterocycles. The van der Waals surface area contributed by atoms with Crippen molar-refractivity contribution in [3.63, 3.8) is 0 Å². The number of carbonyl (C=O) groups excluding carboxylic acids is 1. The van der Waals surface area contributed by atoms with Gasteiger partial charge in [0.1, 0.15) is 0 Å². The van der Waals surface area contributed by atoms with Crippen LogP contribution in [0.15, 0.2) is 0 Å². The van der Waals surface area contributed by atoms with Crippen LogP contribution in [0.3, 0.4) is 0 Å². The normalized spacial score (nSPS) is 14.6. The highest BCUT2D eigenvalue weighted by molar-refractivity contribution is 5.83. The molecule has 0 aliphatic carbocycles. The van der Waals surface area contributed by atoms with Gasteiger partial charge in [-0.05, 0) is 6.92 Å². The zero-order valence-corrected chi connectivity index (χ0v) is 11.1. The zero-order valence-electron chi connectivity index (χ0n) is 11.1. The monoisotopic (exact) mass is 263 g/mol. The van der Waals surface area contributed by atoms with E-state index < -0.39 is 11.6 Å². The van der Waals surface area contributed by atoms with E-state index in [9.17, 15) is 4.79 Å². The van der Waals surface area contributed by atoms with Crippen LogP contribution in [0.5, 0.6) is 0 Å². The molecular formula is C10H25N5O3. The minimum Gasteiger partial charge on any atom is -0.355 e. The SMILES string of the molecule is COC(C)(NCCN(CCN)CCN)C(=O)NO. The second-order valence-electron chi connectivity index (χ2n) is 4.02. The van der Waals surface area contributed by atoms with Crippen LogP contribution in [0, 0.1) is 0 Å². The second-order valence-corrected chi connectivity index (χ2v) is 4.02. The van der Waals surface area contributed by atoms with Crippen LogP contribution in [0.2, 0.25) is 0 Å². The summed E-state index contributed by atoms with van der Waals surface area (Å²) < 4.78 is 5.04. The number of nitrogens with zero attached hydrogens (tertiary/aromatic N) is 1. The molecule has 8 nitrogen and oxygen atoms in total. The van der Waals surface area contributed by atoms with Gasteiger partial charge >= 0.3 is 0 Å². The molecule has 0 saturated heterocycles. The van der Waals surface area contributed by atoms with Gasteiger partial charge in [0.2, 0.25) is 0 Å². The Bertz CT molecular complexity index is 236. The van der Waals surface area contributed by atoms with Gasteiger partial charge in [0.25, 0.3) is 5.91 Å². The number of nitrogens with one attached hydrogen (secondary N) is 2.